The minimum absolute atomic E-state index is 0.00505. The number of likely N-dealkylation sites (tertiary alicyclic amines) is 1. The molecule has 0 spiro atoms. The lowest BCUT2D eigenvalue weighted by Crippen LogP contribution is -2.39. The van der Waals surface area contributed by atoms with Gasteiger partial charge in [0.25, 0.3) is 5.91 Å². The first-order valence-corrected chi connectivity index (χ1v) is 6.86. The monoisotopic (exact) mass is 278 g/mol. The Morgan fingerprint density at radius 1 is 1.35 bits per heavy atom. The summed E-state index contributed by atoms with van der Waals surface area (Å²) in [6, 6.07) is 3.68. The van der Waals surface area contributed by atoms with E-state index >= 15 is 0 Å². The Morgan fingerprint density at radius 2 is 1.95 bits per heavy atom. The molecule has 5 nitrogen and oxygen atoms in total. The number of rotatable bonds is 4. The molecule has 1 aliphatic rings. The van der Waals surface area contributed by atoms with E-state index in [-0.39, 0.29) is 11.9 Å². The van der Waals surface area contributed by atoms with Gasteiger partial charge in [0.2, 0.25) is 0 Å². The number of carbonyl (C=O) groups is 1. The zero-order chi connectivity index (χ0) is 14.7. The van der Waals surface area contributed by atoms with E-state index in [1.54, 1.807) is 26.4 Å². The molecule has 1 unspecified atom stereocenters. The van der Waals surface area contributed by atoms with Crippen LogP contribution in [0.4, 0.5) is 0 Å². The van der Waals surface area contributed by atoms with Crippen LogP contribution in [0, 0.1) is 6.92 Å². The van der Waals surface area contributed by atoms with Crippen molar-refractivity contribution in [2.45, 2.75) is 25.8 Å². The van der Waals surface area contributed by atoms with Crippen molar-refractivity contribution in [2.24, 2.45) is 5.73 Å². The lowest BCUT2D eigenvalue weighted by molar-refractivity contribution is 0.0740. The molecular formula is C15H22N2O3. The lowest BCUT2D eigenvalue weighted by Gasteiger charge is -2.24. The van der Waals surface area contributed by atoms with Crippen LogP contribution < -0.4 is 15.2 Å². The number of methoxy groups -OCH3 is 2. The standard InChI is InChI=1S/C15H22N2O3/c1-10-13(19-2)7-11(8-14(10)20-3)15(18)17-6-4-5-12(17)9-16/h7-8,12H,4-6,9,16H2,1-3H3. The maximum Gasteiger partial charge on any atom is 0.254 e. The summed E-state index contributed by atoms with van der Waals surface area (Å²) in [5, 5.41) is 0. The second kappa shape index (κ2) is 6.13. The van der Waals surface area contributed by atoms with E-state index in [4.69, 9.17) is 15.2 Å². The number of nitrogens with two attached hydrogens (primary N) is 1. The van der Waals surface area contributed by atoms with E-state index in [9.17, 15) is 4.79 Å². The van der Waals surface area contributed by atoms with Crippen molar-refractivity contribution in [3.8, 4) is 11.5 Å². The first kappa shape index (κ1) is 14.7. The van der Waals surface area contributed by atoms with Gasteiger partial charge >= 0.3 is 0 Å². The normalized spacial score (nSPS) is 18.2. The summed E-state index contributed by atoms with van der Waals surface area (Å²) in [7, 11) is 3.18. The van der Waals surface area contributed by atoms with Crippen LogP contribution in [0.1, 0.15) is 28.8 Å². The first-order chi connectivity index (χ1) is 9.62. The SMILES string of the molecule is COc1cc(C(=O)N2CCCC2CN)cc(OC)c1C. The highest BCUT2D eigenvalue weighted by atomic mass is 16.5. The smallest absolute Gasteiger partial charge is 0.254 e. The van der Waals surface area contributed by atoms with Crippen molar-refractivity contribution >= 4 is 5.91 Å². The van der Waals surface area contributed by atoms with Crippen molar-refractivity contribution in [1.82, 2.24) is 4.90 Å². The minimum Gasteiger partial charge on any atom is -0.496 e. The van der Waals surface area contributed by atoms with E-state index in [2.05, 4.69) is 0 Å². The summed E-state index contributed by atoms with van der Waals surface area (Å²) in [6.07, 6.45) is 1.98. The number of carbonyl (C=O) groups excluding carboxylic acids is 1. The number of amides is 1. The van der Waals surface area contributed by atoms with Crippen molar-refractivity contribution in [1.29, 1.82) is 0 Å². The predicted molar refractivity (Wildman–Crippen MR) is 77.4 cm³/mol. The summed E-state index contributed by atoms with van der Waals surface area (Å²) in [6.45, 7) is 3.18. The fourth-order valence-corrected chi connectivity index (χ4v) is 2.72. The minimum atomic E-state index is -0.00505. The van der Waals surface area contributed by atoms with Crippen molar-refractivity contribution < 1.29 is 14.3 Å². The summed E-state index contributed by atoms with van der Waals surface area (Å²) >= 11 is 0. The van der Waals surface area contributed by atoms with Gasteiger partial charge in [-0.25, -0.2) is 0 Å². The molecular weight excluding hydrogens is 256 g/mol. The van der Waals surface area contributed by atoms with Gasteiger partial charge < -0.3 is 20.1 Å². The molecule has 1 saturated heterocycles. The molecule has 2 N–H and O–H groups in total. The van der Waals surface area contributed by atoms with Gasteiger partial charge in [0.1, 0.15) is 11.5 Å². The van der Waals surface area contributed by atoms with Gasteiger partial charge in [0.15, 0.2) is 0 Å². The van der Waals surface area contributed by atoms with E-state index in [1.807, 2.05) is 11.8 Å². The second-order valence-electron chi connectivity index (χ2n) is 5.04. The predicted octanol–water partition coefficient (Wildman–Crippen LogP) is 1.58. The van der Waals surface area contributed by atoms with Gasteiger partial charge in [-0.15, -0.1) is 0 Å². The molecule has 0 radical (unpaired) electrons. The van der Waals surface area contributed by atoms with Gasteiger partial charge in [0.05, 0.1) is 14.2 Å². The fourth-order valence-electron chi connectivity index (χ4n) is 2.72. The van der Waals surface area contributed by atoms with Gasteiger partial charge in [-0.3, -0.25) is 4.79 Å². The van der Waals surface area contributed by atoms with E-state index in [0.717, 1.165) is 24.9 Å². The summed E-state index contributed by atoms with van der Waals surface area (Å²) < 4.78 is 10.6. The highest BCUT2D eigenvalue weighted by molar-refractivity contribution is 5.95. The van der Waals surface area contributed by atoms with Crippen molar-refractivity contribution in [2.75, 3.05) is 27.3 Å². The first-order valence-electron chi connectivity index (χ1n) is 6.86. The van der Waals surface area contributed by atoms with Crippen LogP contribution in [0.2, 0.25) is 0 Å². The molecule has 1 atom stereocenters. The zero-order valence-corrected chi connectivity index (χ0v) is 12.3. The number of hydrogen-bond acceptors (Lipinski definition) is 4. The van der Waals surface area contributed by atoms with Gasteiger partial charge in [-0.05, 0) is 31.9 Å². The van der Waals surface area contributed by atoms with Crippen molar-refractivity contribution in [3.63, 3.8) is 0 Å². The molecule has 2 rings (SSSR count). The lowest BCUT2D eigenvalue weighted by atomic mass is 10.1. The van der Waals surface area contributed by atoms with Crippen molar-refractivity contribution in [3.05, 3.63) is 23.3 Å². The Balaban J connectivity index is 2.34. The molecule has 20 heavy (non-hydrogen) atoms. The average Bonchev–Trinajstić information content (AvgIpc) is 2.95. The zero-order valence-electron chi connectivity index (χ0n) is 12.3. The number of ether oxygens (including phenoxy) is 2. The molecule has 110 valence electrons. The molecule has 1 aromatic carbocycles. The molecule has 1 fully saturated rings. The van der Waals surface area contributed by atoms with Gasteiger partial charge in [0, 0.05) is 30.3 Å². The van der Waals surface area contributed by atoms with Crippen LogP contribution in [0.25, 0.3) is 0 Å². The maximum atomic E-state index is 12.6. The molecule has 1 amide bonds. The van der Waals surface area contributed by atoms with Crippen LogP contribution in [0.3, 0.4) is 0 Å². The number of hydrogen-bond donors (Lipinski definition) is 1. The molecule has 1 aliphatic heterocycles. The van der Waals surface area contributed by atoms with E-state index < -0.39 is 0 Å². The van der Waals surface area contributed by atoms with Crippen LogP contribution >= 0.6 is 0 Å². The molecule has 1 heterocycles. The van der Waals surface area contributed by atoms with Gasteiger partial charge in [-0.1, -0.05) is 0 Å². The third-order valence-electron chi connectivity index (χ3n) is 3.91. The highest BCUT2D eigenvalue weighted by Gasteiger charge is 2.29. The molecule has 5 heteroatoms. The van der Waals surface area contributed by atoms with Crippen LogP contribution in [0.5, 0.6) is 11.5 Å². The fraction of sp³-hybridized carbons (Fsp3) is 0.533. The Hall–Kier alpha value is -1.75. The topological polar surface area (TPSA) is 64.8 Å². The number of benzene rings is 1. The second-order valence-corrected chi connectivity index (χ2v) is 5.04. The Morgan fingerprint density at radius 3 is 2.45 bits per heavy atom. The molecule has 0 aromatic heterocycles. The summed E-state index contributed by atoms with van der Waals surface area (Å²) in [4.78, 5) is 14.5. The molecule has 0 bridgehead atoms. The van der Waals surface area contributed by atoms with Gasteiger partial charge in [-0.2, -0.15) is 0 Å². The quantitative estimate of drug-likeness (QED) is 0.908. The van der Waals surface area contributed by atoms with Crippen LogP contribution in [-0.2, 0) is 0 Å². The van der Waals surface area contributed by atoms with E-state index in [1.165, 1.54) is 0 Å². The molecule has 0 aliphatic carbocycles. The Labute approximate surface area is 119 Å². The van der Waals surface area contributed by atoms with Crippen LogP contribution in [-0.4, -0.2) is 44.2 Å². The summed E-state index contributed by atoms with van der Waals surface area (Å²) in [5.41, 5.74) is 7.21. The molecule has 0 saturated carbocycles. The third-order valence-corrected chi connectivity index (χ3v) is 3.91. The average molecular weight is 278 g/mol. The van der Waals surface area contributed by atoms with Crippen LogP contribution in [0.15, 0.2) is 12.1 Å². The molecule has 1 aromatic rings. The largest absolute Gasteiger partial charge is 0.496 e. The Kier molecular flexibility index (Phi) is 4.49. The highest BCUT2D eigenvalue weighted by Crippen LogP contribution is 2.31. The summed E-state index contributed by atoms with van der Waals surface area (Å²) in [5.74, 6) is 1.32. The van der Waals surface area contributed by atoms with E-state index in [0.29, 0.717) is 23.6 Å². The number of nitrogens with zero attached hydrogens (tertiary/aromatic N) is 1. The third kappa shape index (κ3) is 2.58. The Bertz CT molecular complexity index is 477. The maximum absolute atomic E-state index is 12.6.